The smallest absolute Gasteiger partial charge is 0.244 e. The molecular formula is C16H23N3O3S. The summed E-state index contributed by atoms with van der Waals surface area (Å²) in [6.45, 7) is 7.39. The second-order valence-electron chi connectivity index (χ2n) is 5.72. The molecule has 1 aromatic heterocycles. The number of hydrogen-bond donors (Lipinski definition) is 1. The fourth-order valence-electron chi connectivity index (χ4n) is 2.51. The zero-order chi connectivity index (χ0) is 16.8. The van der Waals surface area contributed by atoms with Crippen LogP contribution in [0.1, 0.15) is 31.0 Å². The molecule has 0 aromatic carbocycles. The minimum atomic E-state index is -0.216. The van der Waals surface area contributed by atoms with Gasteiger partial charge in [-0.25, -0.2) is 4.98 Å². The van der Waals surface area contributed by atoms with Crippen molar-refractivity contribution in [3.8, 4) is 0 Å². The van der Waals surface area contributed by atoms with Gasteiger partial charge in [-0.05, 0) is 26.8 Å². The van der Waals surface area contributed by atoms with Gasteiger partial charge in [0.1, 0.15) is 0 Å². The molecule has 1 aliphatic rings. The summed E-state index contributed by atoms with van der Waals surface area (Å²) in [4.78, 5) is 29.9. The van der Waals surface area contributed by atoms with E-state index in [1.807, 2.05) is 26.2 Å². The van der Waals surface area contributed by atoms with Crippen molar-refractivity contribution in [3.63, 3.8) is 0 Å². The molecule has 6 nitrogen and oxygen atoms in total. The van der Waals surface area contributed by atoms with Crippen molar-refractivity contribution in [2.75, 3.05) is 19.6 Å². The molecule has 7 heteroatoms. The van der Waals surface area contributed by atoms with Crippen molar-refractivity contribution < 1.29 is 14.3 Å². The maximum Gasteiger partial charge on any atom is 0.244 e. The molecule has 0 saturated carbocycles. The third kappa shape index (κ3) is 5.76. The Bertz CT molecular complexity index is 575. The number of nitrogens with zero attached hydrogens (tertiary/aromatic N) is 2. The van der Waals surface area contributed by atoms with Crippen LogP contribution in [-0.2, 0) is 14.3 Å². The normalized spacial score (nSPS) is 21.6. The van der Waals surface area contributed by atoms with Crippen LogP contribution in [0.2, 0.25) is 0 Å². The first-order chi connectivity index (χ1) is 10.9. The van der Waals surface area contributed by atoms with E-state index in [2.05, 4.69) is 10.3 Å². The lowest BCUT2D eigenvalue weighted by Gasteiger charge is -2.35. The summed E-state index contributed by atoms with van der Waals surface area (Å²) in [5.41, 5.74) is 0.773. The van der Waals surface area contributed by atoms with E-state index in [1.165, 1.54) is 17.4 Å². The zero-order valence-electron chi connectivity index (χ0n) is 13.7. The van der Waals surface area contributed by atoms with Crippen LogP contribution < -0.4 is 5.32 Å². The van der Waals surface area contributed by atoms with Crippen LogP contribution >= 0.6 is 11.3 Å². The van der Waals surface area contributed by atoms with E-state index in [1.54, 1.807) is 11.0 Å². The van der Waals surface area contributed by atoms with Crippen LogP contribution in [0.5, 0.6) is 0 Å². The van der Waals surface area contributed by atoms with Crippen molar-refractivity contribution >= 4 is 29.2 Å². The second-order valence-corrected chi connectivity index (χ2v) is 6.78. The minimum Gasteiger partial charge on any atom is -0.372 e. The fraction of sp³-hybridized carbons (Fsp3) is 0.562. The number of aromatic nitrogens is 1. The Morgan fingerprint density at radius 2 is 2.13 bits per heavy atom. The maximum atomic E-state index is 12.1. The van der Waals surface area contributed by atoms with Gasteiger partial charge in [0.15, 0.2) is 0 Å². The Labute approximate surface area is 140 Å². The first-order valence-electron chi connectivity index (χ1n) is 7.75. The molecular weight excluding hydrogens is 314 g/mol. The van der Waals surface area contributed by atoms with Gasteiger partial charge in [0, 0.05) is 37.5 Å². The first kappa shape index (κ1) is 17.6. The Kier molecular flexibility index (Phi) is 6.29. The highest BCUT2D eigenvalue weighted by atomic mass is 32.1. The van der Waals surface area contributed by atoms with Crippen molar-refractivity contribution in [1.82, 2.24) is 15.2 Å². The zero-order valence-corrected chi connectivity index (χ0v) is 14.6. The average Bonchev–Trinajstić information content (AvgIpc) is 2.89. The number of hydrogen-bond acceptors (Lipinski definition) is 5. The lowest BCUT2D eigenvalue weighted by Crippen LogP contribution is -2.48. The molecule has 2 heterocycles. The third-order valence-electron chi connectivity index (χ3n) is 3.45. The van der Waals surface area contributed by atoms with Crippen LogP contribution in [0.15, 0.2) is 11.5 Å². The van der Waals surface area contributed by atoms with Crippen molar-refractivity contribution in [2.45, 2.75) is 39.4 Å². The lowest BCUT2D eigenvalue weighted by atomic mass is 10.2. The average molecular weight is 337 g/mol. The van der Waals surface area contributed by atoms with Gasteiger partial charge in [-0.15, -0.1) is 11.3 Å². The molecule has 23 heavy (non-hydrogen) atoms. The van der Waals surface area contributed by atoms with E-state index >= 15 is 0 Å². The summed E-state index contributed by atoms with van der Waals surface area (Å²) < 4.78 is 5.61. The third-order valence-corrected chi connectivity index (χ3v) is 4.24. The van der Waals surface area contributed by atoms with Crippen LogP contribution in [0, 0.1) is 6.92 Å². The van der Waals surface area contributed by atoms with Crippen LogP contribution in [0.3, 0.4) is 0 Å². The molecule has 2 amide bonds. The minimum absolute atomic E-state index is 0.0476. The number of rotatable bonds is 5. The number of aryl methyl sites for hydroxylation is 1. The largest absolute Gasteiger partial charge is 0.372 e. The molecule has 0 unspecified atom stereocenters. The molecule has 1 aromatic rings. The van der Waals surface area contributed by atoms with Gasteiger partial charge in [0.05, 0.1) is 22.9 Å². The summed E-state index contributed by atoms with van der Waals surface area (Å²) in [6.07, 6.45) is 3.53. The van der Waals surface area contributed by atoms with E-state index in [9.17, 15) is 9.59 Å². The van der Waals surface area contributed by atoms with Gasteiger partial charge in [0.25, 0.3) is 0 Å². The molecule has 0 spiro atoms. The van der Waals surface area contributed by atoms with E-state index in [0.29, 0.717) is 26.1 Å². The number of amides is 2. The summed E-state index contributed by atoms with van der Waals surface area (Å²) in [6, 6.07) is 0. The maximum absolute atomic E-state index is 12.1. The first-order valence-corrected chi connectivity index (χ1v) is 8.63. The quantitative estimate of drug-likeness (QED) is 0.829. The predicted molar refractivity (Wildman–Crippen MR) is 90.1 cm³/mol. The molecule has 2 atom stereocenters. The van der Waals surface area contributed by atoms with Gasteiger partial charge < -0.3 is 15.0 Å². The molecule has 1 saturated heterocycles. The van der Waals surface area contributed by atoms with Gasteiger partial charge in [0.2, 0.25) is 11.8 Å². The van der Waals surface area contributed by atoms with E-state index in [0.717, 1.165) is 10.7 Å². The fourth-order valence-corrected chi connectivity index (χ4v) is 3.09. The molecule has 1 N–H and O–H groups in total. The molecule has 126 valence electrons. The molecule has 0 aliphatic carbocycles. The molecule has 1 aliphatic heterocycles. The Hall–Kier alpha value is -1.73. The summed E-state index contributed by atoms with van der Waals surface area (Å²) >= 11 is 1.54. The van der Waals surface area contributed by atoms with Gasteiger partial charge in [-0.1, -0.05) is 0 Å². The van der Waals surface area contributed by atoms with Crippen LogP contribution in [-0.4, -0.2) is 53.5 Å². The highest BCUT2D eigenvalue weighted by Gasteiger charge is 2.25. The Balaban J connectivity index is 1.70. The van der Waals surface area contributed by atoms with Gasteiger partial charge in [-0.3, -0.25) is 9.59 Å². The van der Waals surface area contributed by atoms with Gasteiger partial charge >= 0.3 is 0 Å². The number of carbonyl (C=O) groups is 2. The summed E-state index contributed by atoms with van der Waals surface area (Å²) in [5, 5.41) is 5.58. The monoisotopic (exact) mass is 337 g/mol. The Morgan fingerprint density at radius 1 is 1.43 bits per heavy atom. The molecule has 0 radical (unpaired) electrons. The molecule has 2 rings (SSSR count). The SMILES string of the molecule is Cc1nc(/C=C/C(=O)NCCC(=O)N2C[C@H](C)O[C@@H](C)C2)cs1. The number of morpholine rings is 1. The number of thiazole rings is 1. The summed E-state index contributed by atoms with van der Waals surface area (Å²) in [5.74, 6) is -0.168. The standard InChI is InChI=1S/C16H23N3O3S/c1-11-8-19(9-12(2)22-11)16(21)6-7-17-15(20)5-4-14-10-23-13(3)18-14/h4-5,10-12H,6-9H2,1-3H3,(H,17,20)/b5-4+/t11-,12-/m0/s1. The number of ether oxygens (including phenoxy) is 1. The lowest BCUT2D eigenvalue weighted by molar-refractivity contribution is -0.143. The van der Waals surface area contributed by atoms with Crippen LogP contribution in [0.4, 0.5) is 0 Å². The van der Waals surface area contributed by atoms with Crippen molar-refractivity contribution in [2.24, 2.45) is 0 Å². The van der Waals surface area contributed by atoms with Crippen molar-refractivity contribution in [1.29, 1.82) is 0 Å². The highest BCUT2D eigenvalue weighted by Crippen LogP contribution is 2.11. The molecule has 0 bridgehead atoms. The number of nitrogens with one attached hydrogen (secondary N) is 1. The number of carbonyl (C=O) groups excluding carboxylic acids is 2. The predicted octanol–water partition coefficient (Wildman–Crippen LogP) is 1.61. The van der Waals surface area contributed by atoms with Crippen molar-refractivity contribution in [3.05, 3.63) is 22.2 Å². The topological polar surface area (TPSA) is 71.5 Å². The van der Waals surface area contributed by atoms with E-state index < -0.39 is 0 Å². The van der Waals surface area contributed by atoms with E-state index in [-0.39, 0.29) is 24.0 Å². The second kappa shape index (κ2) is 8.21. The Morgan fingerprint density at radius 3 is 2.74 bits per heavy atom. The highest BCUT2D eigenvalue weighted by molar-refractivity contribution is 7.09. The summed E-state index contributed by atoms with van der Waals surface area (Å²) in [7, 11) is 0. The van der Waals surface area contributed by atoms with E-state index in [4.69, 9.17) is 4.74 Å². The van der Waals surface area contributed by atoms with Crippen LogP contribution in [0.25, 0.3) is 6.08 Å². The van der Waals surface area contributed by atoms with Gasteiger partial charge in [-0.2, -0.15) is 0 Å². The molecule has 1 fully saturated rings.